The SMILES string of the molecule is CCn1c(C)nc2c1c(=O)n(CCN)c(=O)n2CCCOC. The van der Waals surface area contributed by atoms with E-state index in [1.165, 1.54) is 4.57 Å². The molecule has 8 heteroatoms. The van der Waals surface area contributed by atoms with Crippen LogP contribution in [0, 0.1) is 6.92 Å². The third-order valence-electron chi connectivity index (χ3n) is 3.70. The Morgan fingerprint density at radius 3 is 2.50 bits per heavy atom. The standard InChI is InChI=1S/C14H23N5O3/c1-4-17-10(2)16-12-11(17)13(20)19(8-6-15)14(21)18(12)7-5-9-22-3/h4-9,15H2,1-3H3. The van der Waals surface area contributed by atoms with Gasteiger partial charge in [0.05, 0.1) is 0 Å². The molecule has 0 aliphatic rings. The second-order valence-electron chi connectivity index (χ2n) is 5.10. The topological polar surface area (TPSA) is 97.1 Å². The van der Waals surface area contributed by atoms with Crippen LogP contribution in [-0.2, 0) is 24.4 Å². The molecule has 0 aliphatic heterocycles. The van der Waals surface area contributed by atoms with Crippen molar-refractivity contribution in [2.24, 2.45) is 5.73 Å². The fourth-order valence-corrected chi connectivity index (χ4v) is 2.68. The zero-order valence-electron chi connectivity index (χ0n) is 13.3. The molecule has 0 aliphatic carbocycles. The lowest BCUT2D eigenvalue weighted by Crippen LogP contribution is -2.42. The number of fused-ring (bicyclic) bond motifs is 1. The number of imidazole rings is 1. The van der Waals surface area contributed by atoms with Gasteiger partial charge in [-0.05, 0) is 20.3 Å². The first-order valence-electron chi connectivity index (χ1n) is 7.46. The summed E-state index contributed by atoms with van der Waals surface area (Å²) in [5, 5.41) is 0. The van der Waals surface area contributed by atoms with Gasteiger partial charge in [0.25, 0.3) is 5.56 Å². The molecule has 2 aromatic rings. The second kappa shape index (κ2) is 6.89. The van der Waals surface area contributed by atoms with Gasteiger partial charge in [0.1, 0.15) is 5.82 Å². The number of aromatic nitrogens is 4. The number of hydrogen-bond acceptors (Lipinski definition) is 5. The number of nitrogens with two attached hydrogens (primary N) is 1. The molecule has 2 N–H and O–H groups in total. The van der Waals surface area contributed by atoms with E-state index >= 15 is 0 Å². The van der Waals surface area contributed by atoms with Crippen LogP contribution in [-0.4, -0.2) is 38.9 Å². The summed E-state index contributed by atoms with van der Waals surface area (Å²) in [4.78, 5) is 29.6. The van der Waals surface area contributed by atoms with E-state index in [4.69, 9.17) is 10.5 Å². The lowest BCUT2D eigenvalue weighted by molar-refractivity contribution is 0.190. The fourth-order valence-electron chi connectivity index (χ4n) is 2.68. The Labute approximate surface area is 128 Å². The minimum Gasteiger partial charge on any atom is -0.385 e. The van der Waals surface area contributed by atoms with Gasteiger partial charge in [-0.25, -0.2) is 9.78 Å². The first-order chi connectivity index (χ1) is 10.6. The minimum atomic E-state index is -0.361. The number of aryl methyl sites for hydroxylation is 3. The number of nitrogens with zero attached hydrogens (tertiary/aromatic N) is 4. The van der Waals surface area contributed by atoms with Crippen molar-refractivity contribution < 1.29 is 4.74 Å². The predicted molar refractivity (Wildman–Crippen MR) is 84.2 cm³/mol. The van der Waals surface area contributed by atoms with E-state index in [1.807, 2.05) is 18.4 Å². The van der Waals surface area contributed by atoms with Crippen molar-refractivity contribution in [2.45, 2.75) is 39.9 Å². The number of rotatable bonds is 7. The van der Waals surface area contributed by atoms with Crippen LogP contribution in [0.15, 0.2) is 9.59 Å². The van der Waals surface area contributed by atoms with Gasteiger partial charge in [-0.1, -0.05) is 0 Å². The van der Waals surface area contributed by atoms with Crippen LogP contribution in [0.3, 0.4) is 0 Å². The average Bonchev–Trinajstić information content (AvgIpc) is 2.83. The summed E-state index contributed by atoms with van der Waals surface area (Å²) in [5.74, 6) is 0.722. The van der Waals surface area contributed by atoms with E-state index in [2.05, 4.69) is 4.98 Å². The smallest absolute Gasteiger partial charge is 0.332 e. The summed E-state index contributed by atoms with van der Waals surface area (Å²) in [7, 11) is 1.61. The van der Waals surface area contributed by atoms with Gasteiger partial charge >= 0.3 is 5.69 Å². The highest BCUT2D eigenvalue weighted by Crippen LogP contribution is 2.11. The van der Waals surface area contributed by atoms with Crippen LogP contribution in [0.2, 0.25) is 0 Å². The second-order valence-corrected chi connectivity index (χ2v) is 5.10. The Kier molecular flexibility index (Phi) is 5.15. The van der Waals surface area contributed by atoms with Gasteiger partial charge in [-0.2, -0.15) is 0 Å². The van der Waals surface area contributed by atoms with E-state index in [1.54, 1.807) is 11.7 Å². The molecular formula is C14H23N5O3. The molecule has 0 aromatic carbocycles. The molecule has 0 bridgehead atoms. The molecule has 0 radical (unpaired) electrons. The summed E-state index contributed by atoms with van der Waals surface area (Å²) in [6.07, 6.45) is 0.671. The highest BCUT2D eigenvalue weighted by molar-refractivity contribution is 5.71. The summed E-state index contributed by atoms with van der Waals surface area (Å²) in [5.41, 5.74) is 5.76. The van der Waals surface area contributed by atoms with Crippen molar-refractivity contribution in [1.29, 1.82) is 0 Å². The van der Waals surface area contributed by atoms with Gasteiger partial charge in [-0.3, -0.25) is 13.9 Å². The molecule has 0 amide bonds. The largest absolute Gasteiger partial charge is 0.385 e. The molecule has 0 unspecified atom stereocenters. The van der Waals surface area contributed by atoms with E-state index in [0.29, 0.717) is 37.3 Å². The lowest BCUT2D eigenvalue weighted by atomic mass is 10.4. The van der Waals surface area contributed by atoms with Crippen molar-refractivity contribution in [3.05, 3.63) is 26.7 Å². The average molecular weight is 309 g/mol. The molecule has 122 valence electrons. The normalized spacial score (nSPS) is 11.5. The molecule has 8 nitrogen and oxygen atoms in total. The van der Waals surface area contributed by atoms with Crippen LogP contribution in [0.4, 0.5) is 0 Å². The lowest BCUT2D eigenvalue weighted by Gasteiger charge is -2.11. The Morgan fingerprint density at radius 1 is 1.18 bits per heavy atom. The van der Waals surface area contributed by atoms with Crippen LogP contribution in [0.5, 0.6) is 0 Å². The van der Waals surface area contributed by atoms with Crippen molar-refractivity contribution in [3.8, 4) is 0 Å². The highest BCUT2D eigenvalue weighted by Gasteiger charge is 2.18. The molecular weight excluding hydrogens is 286 g/mol. The first kappa shape index (κ1) is 16.4. The Hall–Kier alpha value is -1.93. The molecule has 2 aromatic heterocycles. The maximum absolute atomic E-state index is 12.6. The number of methoxy groups -OCH3 is 1. The molecule has 2 heterocycles. The maximum atomic E-state index is 12.6. The van der Waals surface area contributed by atoms with Crippen molar-refractivity contribution in [2.75, 3.05) is 20.3 Å². The monoisotopic (exact) mass is 309 g/mol. The van der Waals surface area contributed by atoms with Crippen LogP contribution in [0.25, 0.3) is 11.2 Å². The summed E-state index contributed by atoms with van der Waals surface area (Å²) in [6.45, 7) is 5.83. The van der Waals surface area contributed by atoms with Crippen molar-refractivity contribution >= 4 is 11.2 Å². The quantitative estimate of drug-likeness (QED) is 0.707. The van der Waals surface area contributed by atoms with Gasteiger partial charge in [0.2, 0.25) is 0 Å². The third-order valence-corrected chi connectivity index (χ3v) is 3.70. The summed E-state index contributed by atoms with van der Waals surface area (Å²) >= 11 is 0. The summed E-state index contributed by atoms with van der Waals surface area (Å²) < 4.78 is 9.61. The Balaban J connectivity index is 2.75. The van der Waals surface area contributed by atoms with Gasteiger partial charge in [0.15, 0.2) is 11.2 Å². The van der Waals surface area contributed by atoms with Crippen LogP contribution < -0.4 is 17.0 Å². The van der Waals surface area contributed by atoms with E-state index in [0.717, 1.165) is 5.82 Å². The van der Waals surface area contributed by atoms with Gasteiger partial charge in [-0.15, -0.1) is 0 Å². The third kappa shape index (κ3) is 2.71. The molecule has 0 atom stereocenters. The van der Waals surface area contributed by atoms with E-state index < -0.39 is 0 Å². The number of hydrogen-bond donors (Lipinski definition) is 1. The zero-order valence-corrected chi connectivity index (χ0v) is 13.3. The minimum absolute atomic E-state index is 0.200. The zero-order chi connectivity index (χ0) is 16.3. The van der Waals surface area contributed by atoms with Crippen molar-refractivity contribution in [3.63, 3.8) is 0 Å². The molecule has 0 spiro atoms. The number of ether oxygens (including phenoxy) is 1. The molecule has 22 heavy (non-hydrogen) atoms. The molecule has 0 fully saturated rings. The maximum Gasteiger partial charge on any atom is 0.332 e. The van der Waals surface area contributed by atoms with E-state index in [-0.39, 0.29) is 24.3 Å². The van der Waals surface area contributed by atoms with Crippen molar-refractivity contribution in [1.82, 2.24) is 18.7 Å². The highest BCUT2D eigenvalue weighted by atomic mass is 16.5. The first-order valence-corrected chi connectivity index (χ1v) is 7.46. The molecule has 0 saturated carbocycles. The van der Waals surface area contributed by atoms with Crippen LogP contribution >= 0.6 is 0 Å². The Bertz CT molecular complexity index is 771. The Morgan fingerprint density at radius 2 is 1.91 bits per heavy atom. The summed E-state index contributed by atoms with van der Waals surface area (Å²) in [6, 6.07) is 0. The van der Waals surface area contributed by atoms with Gasteiger partial charge < -0.3 is 15.0 Å². The van der Waals surface area contributed by atoms with Gasteiger partial charge in [0, 0.05) is 39.9 Å². The van der Waals surface area contributed by atoms with E-state index in [9.17, 15) is 9.59 Å². The predicted octanol–water partition coefficient (Wildman–Crippen LogP) is -0.317. The fraction of sp³-hybridized carbons (Fsp3) is 0.643. The van der Waals surface area contributed by atoms with Crippen LogP contribution in [0.1, 0.15) is 19.2 Å². The molecule has 2 rings (SSSR count). The molecule has 0 saturated heterocycles.